The molecule has 0 atom stereocenters. The second kappa shape index (κ2) is 6.93. The van der Waals surface area contributed by atoms with Gasteiger partial charge >= 0.3 is 0 Å². The fourth-order valence-electron chi connectivity index (χ4n) is 3.02. The number of hydrogen-bond donors (Lipinski definition) is 2. The summed E-state index contributed by atoms with van der Waals surface area (Å²) in [5.41, 5.74) is 6.87. The minimum Gasteiger partial charge on any atom is -0.382 e. The molecule has 3 heterocycles. The first-order chi connectivity index (χ1) is 12.2. The van der Waals surface area contributed by atoms with Gasteiger partial charge in [0, 0.05) is 12.2 Å². The number of thiazole rings is 1. The first-order valence-electron chi connectivity index (χ1n) is 8.29. The Morgan fingerprint density at radius 2 is 2.00 bits per heavy atom. The van der Waals surface area contributed by atoms with Crippen molar-refractivity contribution in [3.05, 3.63) is 46.3 Å². The summed E-state index contributed by atoms with van der Waals surface area (Å²) >= 11 is 2.78. The number of rotatable bonds is 5. The molecule has 7 heteroatoms. The molecule has 0 bridgehead atoms. The summed E-state index contributed by atoms with van der Waals surface area (Å²) in [5.74, 6) is 0.241. The minimum atomic E-state index is -0.0679. The summed E-state index contributed by atoms with van der Waals surface area (Å²) in [6.07, 6.45) is 6.55. The van der Waals surface area contributed by atoms with Gasteiger partial charge in [0.05, 0.1) is 15.4 Å². The van der Waals surface area contributed by atoms with Crippen LogP contribution in [0.3, 0.4) is 0 Å². The van der Waals surface area contributed by atoms with Crippen LogP contribution in [0, 0.1) is 0 Å². The summed E-state index contributed by atoms with van der Waals surface area (Å²) in [7, 11) is 0. The highest BCUT2D eigenvalue weighted by atomic mass is 32.1. The first-order valence-corrected chi connectivity index (χ1v) is 9.93. The average molecular weight is 371 g/mol. The van der Waals surface area contributed by atoms with Gasteiger partial charge in [-0.2, -0.15) is 0 Å². The summed E-state index contributed by atoms with van der Waals surface area (Å²) in [5, 5.41) is 4.15. The Hall–Kier alpha value is -2.25. The topological polar surface area (TPSA) is 80.9 Å². The van der Waals surface area contributed by atoms with Crippen molar-refractivity contribution in [1.82, 2.24) is 9.97 Å². The number of thiophene rings is 1. The monoisotopic (exact) mass is 370 g/mol. The highest BCUT2D eigenvalue weighted by Gasteiger charge is 2.22. The number of carbonyl (C=O) groups is 1. The lowest BCUT2D eigenvalue weighted by molar-refractivity contribution is 0.104. The van der Waals surface area contributed by atoms with E-state index in [1.807, 2.05) is 30.3 Å². The molecule has 1 fully saturated rings. The predicted octanol–water partition coefficient (Wildman–Crippen LogP) is 4.43. The van der Waals surface area contributed by atoms with Crippen molar-refractivity contribution in [1.29, 1.82) is 0 Å². The Bertz CT molecular complexity index is 882. The highest BCUT2D eigenvalue weighted by Crippen LogP contribution is 2.33. The van der Waals surface area contributed by atoms with Crippen LogP contribution >= 0.6 is 22.7 Å². The molecule has 5 nitrogen and oxygen atoms in total. The van der Waals surface area contributed by atoms with E-state index in [4.69, 9.17) is 5.73 Å². The largest absolute Gasteiger partial charge is 0.382 e. The number of anilines is 2. The Morgan fingerprint density at radius 3 is 2.76 bits per heavy atom. The number of ketones is 1. The van der Waals surface area contributed by atoms with Crippen molar-refractivity contribution in [2.24, 2.45) is 0 Å². The van der Waals surface area contributed by atoms with E-state index in [0.717, 1.165) is 28.5 Å². The standard InChI is InChI=1S/C18H18N4OS2/c19-17-16(25-18(22-17)21-11-5-1-2-6-11)15(23)14-9-8-13(24-14)12-7-3-4-10-20-12/h3-4,7-11H,1-2,5-6,19H2,(H,21,22). The molecule has 0 saturated heterocycles. The van der Waals surface area contributed by atoms with Gasteiger partial charge in [-0.3, -0.25) is 9.78 Å². The Balaban J connectivity index is 1.55. The summed E-state index contributed by atoms with van der Waals surface area (Å²) in [6, 6.07) is 9.96. The molecule has 3 N–H and O–H groups in total. The molecule has 4 rings (SSSR count). The van der Waals surface area contributed by atoms with Crippen molar-refractivity contribution in [2.45, 2.75) is 31.7 Å². The highest BCUT2D eigenvalue weighted by molar-refractivity contribution is 7.21. The zero-order valence-corrected chi connectivity index (χ0v) is 15.2. The van der Waals surface area contributed by atoms with Gasteiger partial charge in [0.15, 0.2) is 5.13 Å². The molecule has 1 aliphatic carbocycles. The normalized spacial score (nSPS) is 14.7. The maximum Gasteiger partial charge on any atom is 0.216 e. The van der Waals surface area contributed by atoms with Gasteiger partial charge in [-0.25, -0.2) is 4.98 Å². The number of aromatic nitrogens is 2. The van der Waals surface area contributed by atoms with Gasteiger partial charge in [-0.1, -0.05) is 30.2 Å². The maximum absolute atomic E-state index is 12.8. The first kappa shape index (κ1) is 16.2. The second-order valence-corrected chi connectivity index (χ2v) is 8.15. The lowest BCUT2D eigenvalue weighted by Crippen LogP contribution is -2.14. The van der Waals surface area contributed by atoms with Gasteiger partial charge in [0.2, 0.25) is 5.78 Å². The van der Waals surface area contributed by atoms with Crippen molar-refractivity contribution in [3.63, 3.8) is 0 Å². The number of nitrogen functional groups attached to an aromatic ring is 1. The van der Waals surface area contributed by atoms with Crippen molar-refractivity contribution >= 4 is 39.4 Å². The number of nitrogens with zero attached hydrogens (tertiary/aromatic N) is 2. The van der Waals surface area contributed by atoms with E-state index in [2.05, 4.69) is 15.3 Å². The van der Waals surface area contributed by atoms with Crippen molar-refractivity contribution in [3.8, 4) is 10.6 Å². The molecule has 0 spiro atoms. The van der Waals surface area contributed by atoms with E-state index < -0.39 is 0 Å². The Labute approximate surface area is 154 Å². The van der Waals surface area contributed by atoms with E-state index >= 15 is 0 Å². The molecule has 0 unspecified atom stereocenters. The molecule has 128 valence electrons. The van der Waals surface area contributed by atoms with Gasteiger partial charge < -0.3 is 11.1 Å². The molecular formula is C18H18N4OS2. The lowest BCUT2D eigenvalue weighted by atomic mass is 10.2. The summed E-state index contributed by atoms with van der Waals surface area (Å²) < 4.78 is 0. The quantitative estimate of drug-likeness (QED) is 0.649. The lowest BCUT2D eigenvalue weighted by Gasteiger charge is -2.09. The SMILES string of the molecule is Nc1nc(NC2CCCC2)sc1C(=O)c1ccc(-c2ccccn2)s1. The van der Waals surface area contributed by atoms with E-state index in [0.29, 0.717) is 21.6 Å². The van der Waals surface area contributed by atoms with E-state index in [9.17, 15) is 4.79 Å². The molecule has 25 heavy (non-hydrogen) atoms. The third-order valence-electron chi connectivity index (χ3n) is 4.29. The van der Waals surface area contributed by atoms with Crippen LogP contribution in [-0.2, 0) is 0 Å². The number of hydrogen-bond acceptors (Lipinski definition) is 7. The van der Waals surface area contributed by atoms with Crippen LogP contribution in [0.2, 0.25) is 0 Å². The number of nitrogens with two attached hydrogens (primary N) is 1. The van der Waals surface area contributed by atoms with E-state index in [1.54, 1.807) is 6.20 Å². The molecule has 3 aromatic heterocycles. The molecule has 1 aliphatic rings. The molecule has 0 aromatic carbocycles. The van der Waals surface area contributed by atoms with Crippen LogP contribution in [0.1, 0.15) is 40.2 Å². The molecule has 3 aromatic rings. The number of pyridine rings is 1. The minimum absolute atomic E-state index is 0.0679. The summed E-state index contributed by atoms with van der Waals surface area (Å²) in [4.78, 5) is 23.6. The van der Waals surface area contributed by atoms with Gasteiger partial charge in [0.1, 0.15) is 10.7 Å². The van der Waals surface area contributed by atoms with E-state index in [-0.39, 0.29) is 5.78 Å². The second-order valence-electron chi connectivity index (χ2n) is 6.07. The molecule has 0 aliphatic heterocycles. The van der Waals surface area contributed by atoms with Gasteiger partial charge in [0.25, 0.3) is 0 Å². The number of carbonyl (C=O) groups excluding carboxylic acids is 1. The fourth-order valence-corrected chi connectivity index (χ4v) is 4.93. The van der Waals surface area contributed by atoms with Crippen LogP contribution in [0.5, 0.6) is 0 Å². The predicted molar refractivity (Wildman–Crippen MR) is 103 cm³/mol. The molecule has 0 amide bonds. The Morgan fingerprint density at radius 1 is 1.16 bits per heavy atom. The fraction of sp³-hybridized carbons (Fsp3) is 0.278. The van der Waals surface area contributed by atoms with Gasteiger partial charge in [-0.15, -0.1) is 11.3 Å². The molecule has 0 radical (unpaired) electrons. The zero-order chi connectivity index (χ0) is 17.2. The smallest absolute Gasteiger partial charge is 0.216 e. The van der Waals surface area contributed by atoms with Crippen LogP contribution < -0.4 is 11.1 Å². The van der Waals surface area contributed by atoms with Crippen molar-refractivity contribution < 1.29 is 4.79 Å². The maximum atomic E-state index is 12.8. The third-order valence-corrected chi connectivity index (χ3v) is 6.40. The zero-order valence-electron chi connectivity index (χ0n) is 13.6. The molecular weight excluding hydrogens is 352 g/mol. The van der Waals surface area contributed by atoms with Crippen molar-refractivity contribution in [2.75, 3.05) is 11.1 Å². The van der Waals surface area contributed by atoms with Crippen LogP contribution in [0.4, 0.5) is 10.9 Å². The number of nitrogens with one attached hydrogen (secondary N) is 1. The van der Waals surface area contributed by atoms with E-state index in [1.165, 1.54) is 35.5 Å². The Kier molecular flexibility index (Phi) is 4.50. The average Bonchev–Trinajstić information content (AvgIpc) is 3.36. The van der Waals surface area contributed by atoms with Gasteiger partial charge in [-0.05, 0) is 37.1 Å². The van der Waals surface area contributed by atoms with Crippen LogP contribution in [0.15, 0.2) is 36.5 Å². The van der Waals surface area contributed by atoms with Crippen LogP contribution in [-0.4, -0.2) is 21.8 Å². The third kappa shape index (κ3) is 3.43. The van der Waals surface area contributed by atoms with Crippen LogP contribution in [0.25, 0.3) is 10.6 Å². The summed E-state index contributed by atoms with van der Waals surface area (Å²) in [6.45, 7) is 0. The molecule has 1 saturated carbocycles.